The molecular weight excluding hydrogens is 1590 g/mol. The number of aryl methyl sites for hydroxylation is 8. The topological polar surface area (TPSA) is 120 Å². The molecule has 0 amide bonds. The summed E-state index contributed by atoms with van der Waals surface area (Å²) < 4.78 is 76.9. The highest BCUT2D eigenvalue weighted by Gasteiger charge is 2.29. The van der Waals surface area contributed by atoms with Gasteiger partial charge in [0, 0.05) is 114 Å². The maximum Gasteiger partial charge on any atom is 0.227 e. The first-order valence-electron chi connectivity index (χ1n) is 44.2. The van der Waals surface area contributed by atoms with Crippen molar-refractivity contribution in [1.82, 2.24) is 19.9 Å². The van der Waals surface area contributed by atoms with E-state index in [4.69, 9.17) is 17.7 Å². The van der Waals surface area contributed by atoms with Gasteiger partial charge in [0.1, 0.15) is 45.6 Å². The van der Waals surface area contributed by atoms with Crippen molar-refractivity contribution in [2.24, 2.45) is 40.0 Å². The Morgan fingerprint density at radius 3 is 0.914 bits per heavy atom. The fraction of sp³-hybridized carbons (Fsp3) is 0.221. The monoisotopic (exact) mass is 1700 g/mol. The zero-order valence-corrected chi connectivity index (χ0v) is 76.0. The van der Waals surface area contributed by atoms with Crippen molar-refractivity contribution in [1.29, 1.82) is 0 Å². The number of benzene rings is 8. The molecule has 128 heavy (non-hydrogen) atoms. The average Bonchev–Trinajstić information content (AvgIpc) is 1.60. The number of furan rings is 4. The molecule has 0 bridgehead atoms. The second-order valence-electron chi connectivity index (χ2n) is 35.9. The van der Waals surface area contributed by atoms with Gasteiger partial charge in [-0.25, -0.2) is 51.4 Å². The van der Waals surface area contributed by atoms with Crippen molar-refractivity contribution in [3.63, 3.8) is 0 Å². The molecule has 0 saturated carbocycles. The first-order chi connectivity index (χ1) is 61.6. The molecule has 0 aliphatic heterocycles. The van der Waals surface area contributed by atoms with Crippen LogP contribution in [-0.4, -0.2) is 19.9 Å². The van der Waals surface area contributed by atoms with Crippen molar-refractivity contribution in [3.05, 3.63) is 335 Å². The van der Waals surface area contributed by atoms with Gasteiger partial charge in [-0.2, -0.15) is 0 Å². The van der Waals surface area contributed by atoms with Gasteiger partial charge in [0.25, 0.3) is 0 Å². The molecule has 0 radical (unpaired) electrons. The lowest BCUT2D eigenvalue weighted by atomic mass is 9.90. The van der Waals surface area contributed by atoms with Crippen LogP contribution in [0.1, 0.15) is 137 Å². The van der Waals surface area contributed by atoms with Crippen molar-refractivity contribution >= 4 is 88.3 Å². The van der Waals surface area contributed by atoms with Crippen LogP contribution in [0.5, 0.6) is 0 Å². The number of aromatic nitrogens is 8. The van der Waals surface area contributed by atoms with Crippen LogP contribution in [0.3, 0.4) is 0 Å². The first kappa shape index (κ1) is 86.1. The zero-order chi connectivity index (χ0) is 89.8. The minimum Gasteiger partial charge on any atom is -0.437 e. The van der Waals surface area contributed by atoms with Gasteiger partial charge in [0.05, 0.1) is 22.3 Å². The molecule has 0 N–H and O–H groups in total. The highest BCUT2D eigenvalue weighted by atomic mass is 19.1. The molecule has 640 valence electrons. The Hall–Kier alpha value is -14.1. The van der Waals surface area contributed by atoms with Crippen LogP contribution in [0, 0.1) is 57.0 Å². The fourth-order valence-corrected chi connectivity index (χ4v) is 18.1. The molecule has 0 atom stereocenters. The lowest BCUT2D eigenvalue weighted by Crippen LogP contribution is -2.31. The minimum absolute atomic E-state index is 0.0736. The van der Waals surface area contributed by atoms with E-state index in [-0.39, 0.29) is 35.2 Å². The summed E-state index contributed by atoms with van der Waals surface area (Å²) >= 11 is 0. The second kappa shape index (κ2) is 35.8. The number of rotatable bonds is 15. The maximum atomic E-state index is 15.1. The van der Waals surface area contributed by atoms with E-state index in [1.54, 1.807) is 36.9 Å². The molecule has 8 aromatic carbocycles. The van der Waals surface area contributed by atoms with E-state index >= 15 is 4.39 Å². The van der Waals surface area contributed by atoms with Crippen LogP contribution in [0.25, 0.3) is 178 Å². The van der Waals surface area contributed by atoms with Crippen molar-refractivity contribution in [2.75, 3.05) is 0 Å². The summed E-state index contributed by atoms with van der Waals surface area (Å²) in [5.74, 6) is 1.06. The van der Waals surface area contributed by atoms with Crippen LogP contribution >= 0.6 is 0 Å². The van der Waals surface area contributed by atoms with Crippen molar-refractivity contribution in [2.45, 2.75) is 128 Å². The minimum atomic E-state index is -0.152. The third-order valence-corrected chi connectivity index (χ3v) is 24.6. The summed E-state index contributed by atoms with van der Waals surface area (Å²) in [6.07, 6.45) is 17.4. The van der Waals surface area contributed by atoms with Crippen molar-refractivity contribution in [3.8, 4) is 89.5 Å². The quantitative estimate of drug-likeness (QED) is 0.0931. The zero-order valence-electron chi connectivity index (χ0n) is 76.0. The summed E-state index contributed by atoms with van der Waals surface area (Å²) in [5, 5.41) is 8.41. The Kier molecular flexibility index (Phi) is 24.1. The predicted molar refractivity (Wildman–Crippen MR) is 512 cm³/mol. The van der Waals surface area contributed by atoms with Crippen LogP contribution in [0.4, 0.5) is 13.2 Å². The fourth-order valence-electron chi connectivity index (χ4n) is 18.1. The Morgan fingerprint density at radius 2 is 0.586 bits per heavy atom. The van der Waals surface area contributed by atoms with Gasteiger partial charge in [0.2, 0.25) is 45.6 Å². The molecule has 12 heterocycles. The van der Waals surface area contributed by atoms with E-state index in [1.165, 1.54) is 22.3 Å². The van der Waals surface area contributed by atoms with Crippen LogP contribution < -0.4 is 18.3 Å². The highest BCUT2D eigenvalue weighted by Crippen LogP contribution is 2.43. The molecule has 0 saturated heterocycles. The Labute approximate surface area is 745 Å². The molecule has 0 spiro atoms. The Morgan fingerprint density at radius 1 is 0.281 bits per heavy atom. The molecule has 0 fully saturated rings. The van der Waals surface area contributed by atoms with Crippen LogP contribution in [0.15, 0.2) is 286 Å². The number of fused-ring (bicyclic) bond motifs is 12. The summed E-state index contributed by atoms with van der Waals surface area (Å²) in [6.45, 7) is 29.4. The summed E-state index contributed by atoms with van der Waals surface area (Å²) in [6, 6.07) is 73.7. The number of hydrogen-bond acceptors (Lipinski definition) is 8. The summed E-state index contributed by atoms with van der Waals surface area (Å²) in [4.78, 5) is 17.6. The number of hydrogen-bond donors (Lipinski definition) is 0. The maximum absolute atomic E-state index is 15.1. The summed E-state index contributed by atoms with van der Waals surface area (Å²) in [5.41, 5.74) is 32.4. The van der Waals surface area contributed by atoms with Gasteiger partial charge >= 0.3 is 0 Å². The molecule has 20 rings (SSSR count). The van der Waals surface area contributed by atoms with Crippen LogP contribution in [0.2, 0.25) is 0 Å². The van der Waals surface area contributed by atoms with Gasteiger partial charge < -0.3 is 17.7 Å². The van der Waals surface area contributed by atoms with E-state index in [1.807, 2.05) is 142 Å². The van der Waals surface area contributed by atoms with Crippen molar-refractivity contribution < 1.29 is 49.1 Å². The average molecular weight is 1700 g/mol. The Bertz CT molecular complexity index is 7650. The number of pyridine rings is 8. The van der Waals surface area contributed by atoms with E-state index in [0.29, 0.717) is 34.7 Å². The molecule has 15 heteroatoms. The lowest BCUT2D eigenvalue weighted by Gasteiger charge is -2.16. The molecule has 20 aromatic rings. The van der Waals surface area contributed by atoms with Gasteiger partial charge in [-0.15, -0.1) is 0 Å². The van der Waals surface area contributed by atoms with Crippen LogP contribution in [-0.2, 0) is 41.0 Å². The van der Waals surface area contributed by atoms with Gasteiger partial charge in [-0.3, -0.25) is 0 Å². The second-order valence-corrected chi connectivity index (χ2v) is 35.9. The van der Waals surface area contributed by atoms with E-state index in [9.17, 15) is 8.78 Å². The third-order valence-electron chi connectivity index (χ3n) is 24.6. The molecule has 12 aromatic heterocycles. The van der Waals surface area contributed by atoms with E-state index in [0.717, 1.165) is 196 Å². The number of nitrogens with zero attached hydrogens (tertiary/aromatic N) is 8. The molecular formula is C113H107F3N8O4+4. The normalized spacial score (nSPS) is 11.7. The molecule has 12 nitrogen and oxygen atoms in total. The standard InChI is InChI=1S/C30H30FN2O.C28H26FN2O.C28H27N2O.C27H24FN2O/c1-17(2)24-14-21(15-25(18(3)4)28(24)31)20-10-12-26(33(6)16-20)27-19(5)9-11-22-23-8-7-13-32-30(23)34-29(22)27;1-17(2)14-21-15-19(8-11-24(21)29)20-9-12-25(31(4)16-20)26-18(3)7-10-22-23-6-5-13-30-28(23)32-27(22)26;1-18(2)15-20-7-5-8-21(16-20)22-11-13-25(30(4)17-22)26-19(3)10-12-23-24-9-6-14-29-28(24)31-27(23)26;1-16(2)22-14-18(8-11-23(22)28)19-9-12-24(30(4)15-19)25-17(3)7-10-20-21-6-5-13-29-27(21)31-26(20)25/h7-18H,1-6H3;5-13,15-17H,14H2,1-4H3;5-14,16-18H,15H2,1-4H3;5-16H,1-4H3/q4*+1. The lowest BCUT2D eigenvalue weighted by molar-refractivity contribution is -0.660. The summed E-state index contributed by atoms with van der Waals surface area (Å²) in [7, 11) is 8.23. The largest absolute Gasteiger partial charge is 0.437 e. The van der Waals surface area contributed by atoms with Gasteiger partial charge in [-0.1, -0.05) is 154 Å². The SMILES string of the molecule is Cc1ccc2c(oc3ncccc32)c1-c1ccc(-c2cc(C(C)C)c(F)c(C(C)C)c2)c[n+]1C.Cc1ccc2c(oc3ncccc32)c1-c1ccc(-c2ccc(F)c(C(C)C)c2)c[n+]1C.Cc1ccc2c(oc3ncccc32)c1-c1ccc(-c2ccc(F)c(CC(C)C)c2)c[n+]1C.Cc1ccc2c(oc3ncccc32)c1-c1ccc(-c2cccc(CC(C)C)c2)c[n+]1C. The third kappa shape index (κ3) is 16.9. The smallest absolute Gasteiger partial charge is 0.227 e. The highest BCUT2D eigenvalue weighted by molar-refractivity contribution is 6.12. The molecule has 0 aliphatic rings. The van der Waals surface area contributed by atoms with Gasteiger partial charge in [0.15, 0.2) is 47.1 Å². The predicted octanol–water partition coefficient (Wildman–Crippen LogP) is 28.0. The first-order valence-corrected chi connectivity index (χ1v) is 44.2. The Balaban J connectivity index is 0.000000120. The van der Waals surface area contributed by atoms with E-state index < -0.39 is 0 Å². The van der Waals surface area contributed by atoms with Gasteiger partial charge in [-0.05, 0) is 252 Å². The molecule has 0 unspecified atom stereocenters. The van der Waals surface area contributed by atoms with E-state index in [2.05, 4.69) is 253 Å². The molecule has 0 aliphatic carbocycles. The number of halogens is 3.